The standard InChI is InChI=1S/C18H23BrN2O3/c19-14-6-7-16(22)15(12-14)18(24)21-10-8-20(9-11-21)17(23)13-4-2-1-3-5-13/h6-7,12-13,22H,1-5,8-11H2. The van der Waals surface area contributed by atoms with Crippen molar-refractivity contribution in [3.63, 3.8) is 0 Å². The molecular formula is C18H23BrN2O3. The molecule has 1 saturated heterocycles. The fourth-order valence-electron chi connectivity index (χ4n) is 3.59. The van der Waals surface area contributed by atoms with E-state index in [1.807, 2.05) is 4.90 Å². The van der Waals surface area contributed by atoms with Crippen LogP contribution in [-0.2, 0) is 4.79 Å². The Morgan fingerprint density at radius 3 is 2.29 bits per heavy atom. The molecule has 3 rings (SSSR count). The number of phenolic OH excluding ortho intramolecular Hbond substituents is 1. The van der Waals surface area contributed by atoms with Crippen LogP contribution in [0.1, 0.15) is 42.5 Å². The molecule has 130 valence electrons. The molecule has 2 fully saturated rings. The maximum absolute atomic E-state index is 12.6. The van der Waals surface area contributed by atoms with Crippen LogP contribution in [0.3, 0.4) is 0 Å². The number of hydrogen-bond donors (Lipinski definition) is 1. The maximum Gasteiger partial charge on any atom is 0.257 e. The molecule has 0 spiro atoms. The highest BCUT2D eigenvalue weighted by Gasteiger charge is 2.30. The molecule has 1 aliphatic carbocycles. The summed E-state index contributed by atoms with van der Waals surface area (Å²) in [6.07, 6.45) is 5.55. The number of carbonyl (C=O) groups excluding carboxylic acids is 2. The largest absolute Gasteiger partial charge is 0.507 e. The summed E-state index contributed by atoms with van der Waals surface area (Å²) in [5.74, 6) is 0.240. The van der Waals surface area contributed by atoms with E-state index in [0.29, 0.717) is 31.7 Å². The van der Waals surface area contributed by atoms with Gasteiger partial charge in [0.15, 0.2) is 0 Å². The first kappa shape index (κ1) is 17.3. The van der Waals surface area contributed by atoms with Gasteiger partial charge in [0.25, 0.3) is 5.91 Å². The molecule has 1 aromatic rings. The molecule has 0 atom stereocenters. The monoisotopic (exact) mass is 394 g/mol. The van der Waals surface area contributed by atoms with Crippen LogP contribution >= 0.6 is 15.9 Å². The Kier molecular flexibility index (Phi) is 5.43. The molecule has 24 heavy (non-hydrogen) atoms. The summed E-state index contributed by atoms with van der Waals surface area (Å²) in [5, 5.41) is 9.91. The number of hydrogen-bond acceptors (Lipinski definition) is 3. The molecule has 1 N–H and O–H groups in total. The number of nitrogens with zero attached hydrogens (tertiary/aromatic N) is 2. The summed E-state index contributed by atoms with van der Waals surface area (Å²) in [5.41, 5.74) is 0.302. The summed E-state index contributed by atoms with van der Waals surface area (Å²) in [6, 6.07) is 4.85. The Hall–Kier alpha value is -1.56. The van der Waals surface area contributed by atoms with Gasteiger partial charge in [-0.15, -0.1) is 0 Å². The first-order valence-electron chi connectivity index (χ1n) is 8.63. The molecule has 1 aliphatic heterocycles. The minimum atomic E-state index is -0.182. The van der Waals surface area contributed by atoms with E-state index in [9.17, 15) is 14.7 Å². The highest BCUT2D eigenvalue weighted by Crippen LogP contribution is 2.27. The van der Waals surface area contributed by atoms with Crippen molar-refractivity contribution < 1.29 is 14.7 Å². The van der Waals surface area contributed by atoms with Crippen LogP contribution < -0.4 is 0 Å². The van der Waals surface area contributed by atoms with Crippen molar-refractivity contribution in [3.8, 4) is 5.75 Å². The third-order valence-electron chi connectivity index (χ3n) is 5.02. The Morgan fingerprint density at radius 1 is 1.00 bits per heavy atom. The average molecular weight is 395 g/mol. The predicted octanol–water partition coefficient (Wildman–Crippen LogP) is 3.02. The van der Waals surface area contributed by atoms with E-state index in [2.05, 4.69) is 15.9 Å². The number of phenols is 1. The van der Waals surface area contributed by atoms with Gasteiger partial charge in [-0.1, -0.05) is 35.2 Å². The molecule has 1 saturated carbocycles. The highest BCUT2D eigenvalue weighted by atomic mass is 79.9. The van der Waals surface area contributed by atoms with E-state index in [4.69, 9.17) is 0 Å². The van der Waals surface area contributed by atoms with Crippen LogP contribution in [0.5, 0.6) is 5.75 Å². The highest BCUT2D eigenvalue weighted by molar-refractivity contribution is 9.10. The third kappa shape index (κ3) is 3.74. The van der Waals surface area contributed by atoms with Crippen molar-refractivity contribution in [1.29, 1.82) is 0 Å². The lowest BCUT2D eigenvalue weighted by molar-refractivity contribution is -0.138. The Labute approximate surface area is 150 Å². The summed E-state index contributed by atoms with van der Waals surface area (Å²) in [4.78, 5) is 28.8. The molecule has 5 nitrogen and oxygen atoms in total. The van der Waals surface area contributed by atoms with Gasteiger partial charge in [-0.2, -0.15) is 0 Å². The minimum Gasteiger partial charge on any atom is -0.507 e. The molecular weight excluding hydrogens is 372 g/mol. The van der Waals surface area contributed by atoms with Crippen LogP contribution in [0.25, 0.3) is 0 Å². The van der Waals surface area contributed by atoms with Crippen LogP contribution in [-0.4, -0.2) is 52.9 Å². The predicted molar refractivity (Wildman–Crippen MR) is 94.9 cm³/mol. The van der Waals surface area contributed by atoms with Crippen LogP contribution in [0, 0.1) is 5.92 Å². The van der Waals surface area contributed by atoms with Crippen molar-refractivity contribution in [2.75, 3.05) is 26.2 Å². The van der Waals surface area contributed by atoms with E-state index in [1.165, 1.54) is 12.5 Å². The quantitative estimate of drug-likeness (QED) is 0.838. The fourth-order valence-corrected chi connectivity index (χ4v) is 3.95. The zero-order valence-corrected chi connectivity index (χ0v) is 15.3. The van der Waals surface area contributed by atoms with Gasteiger partial charge in [0.1, 0.15) is 5.75 Å². The smallest absolute Gasteiger partial charge is 0.257 e. The van der Waals surface area contributed by atoms with Gasteiger partial charge in [-0.3, -0.25) is 9.59 Å². The zero-order chi connectivity index (χ0) is 17.1. The lowest BCUT2D eigenvalue weighted by atomic mass is 9.88. The molecule has 0 bridgehead atoms. The molecule has 6 heteroatoms. The van der Waals surface area contributed by atoms with Crippen LogP contribution in [0.15, 0.2) is 22.7 Å². The van der Waals surface area contributed by atoms with E-state index < -0.39 is 0 Å². The Morgan fingerprint density at radius 2 is 1.62 bits per heavy atom. The Balaban J connectivity index is 1.59. The van der Waals surface area contributed by atoms with E-state index in [-0.39, 0.29) is 23.5 Å². The van der Waals surface area contributed by atoms with Crippen LogP contribution in [0.2, 0.25) is 0 Å². The summed E-state index contributed by atoms with van der Waals surface area (Å²) >= 11 is 3.33. The molecule has 1 aromatic carbocycles. The second-order valence-electron chi connectivity index (χ2n) is 6.61. The van der Waals surface area contributed by atoms with Crippen molar-refractivity contribution in [2.24, 2.45) is 5.92 Å². The third-order valence-corrected chi connectivity index (χ3v) is 5.52. The van der Waals surface area contributed by atoms with Gasteiger partial charge in [0, 0.05) is 36.6 Å². The lowest BCUT2D eigenvalue weighted by Crippen LogP contribution is -2.52. The van der Waals surface area contributed by atoms with Crippen molar-refractivity contribution in [2.45, 2.75) is 32.1 Å². The summed E-state index contributed by atoms with van der Waals surface area (Å²) < 4.78 is 0.759. The van der Waals surface area contributed by atoms with E-state index >= 15 is 0 Å². The molecule has 2 amide bonds. The van der Waals surface area contributed by atoms with Crippen molar-refractivity contribution >= 4 is 27.7 Å². The topological polar surface area (TPSA) is 60.9 Å². The molecule has 2 aliphatic rings. The minimum absolute atomic E-state index is 0.0103. The number of carbonyl (C=O) groups is 2. The number of amides is 2. The average Bonchev–Trinajstić information content (AvgIpc) is 2.63. The number of benzene rings is 1. The molecule has 0 aromatic heterocycles. The summed E-state index contributed by atoms with van der Waals surface area (Å²) in [6.45, 7) is 2.19. The molecule has 1 heterocycles. The Bertz CT molecular complexity index is 621. The molecule has 0 radical (unpaired) electrons. The second-order valence-corrected chi connectivity index (χ2v) is 7.53. The first-order valence-corrected chi connectivity index (χ1v) is 9.42. The van der Waals surface area contributed by atoms with E-state index in [0.717, 1.165) is 30.2 Å². The van der Waals surface area contributed by atoms with Gasteiger partial charge in [-0.05, 0) is 31.0 Å². The zero-order valence-electron chi connectivity index (χ0n) is 13.7. The van der Waals surface area contributed by atoms with E-state index in [1.54, 1.807) is 17.0 Å². The van der Waals surface area contributed by atoms with Gasteiger partial charge in [0.2, 0.25) is 5.91 Å². The van der Waals surface area contributed by atoms with Gasteiger partial charge in [0.05, 0.1) is 5.56 Å². The van der Waals surface area contributed by atoms with Gasteiger partial charge < -0.3 is 14.9 Å². The van der Waals surface area contributed by atoms with Gasteiger partial charge >= 0.3 is 0 Å². The number of piperazine rings is 1. The van der Waals surface area contributed by atoms with Crippen molar-refractivity contribution in [1.82, 2.24) is 9.80 Å². The second kappa shape index (κ2) is 7.55. The number of rotatable bonds is 2. The number of halogens is 1. The lowest BCUT2D eigenvalue weighted by Gasteiger charge is -2.37. The molecule has 0 unspecified atom stereocenters. The summed E-state index contributed by atoms with van der Waals surface area (Å²) in [7, 11) is 0. The normalized spacial score (nSPS) is 19.4. The van der Waals surface area contributed by atoms with Gasteiger partial charge in [-0.25, -0.2) is 0 Å². The van der Waals surface area contributed by atoms with Crippen LogP contribution in [0.4, 0.5) is 0 Å². The maximum atomic E-state index is 12.6. The first-order chi connectivity index (χ1) is 11.6. The van der Waals surface area contributed by atoms with Crippen molar-refractivity contribution in [3.05, 3.63) is 28.2 Å². The SMILES string of the molecule is O=C(c1cc(Br)ccc1O)N1CCN(C(=O)C2CCCCC2)CC1. The number of aromatic hydroxyl groups is 1. The fraction of sp³-hybridized carbons (Fsp3) is 0.556.